The molecule has 21 heavy (non-hydrogen) atoms. The summed E-state index contributed by atoms with van der Waals surface area (Å²) in [7, 11) is 0. The van der Waals surface area contributed by atoms with E-state index < -0.39 is 0 Å². The van der Waals surface area contributed by atoms with Crippen LogP contribution in [0.4, 0.5) is 0 Å². The molecular formula is C19H34N2. The highest BCUT2D eigenvalue weighted by Crippen LogP contribution is 2.15. The number of rotatable bonds is 10. The molecule has 0 spiro atoms. The van der Waals surface area contributed by atoms with Gasteiger partial charge in [0.1, 0.15) is 0 Å². The lowest BCUT2D eigenvalue weighted by Gasteiger charge is -2.22. The van der Waals surface area contributed by atoms with E-state index in [1.165, 1.54) is 43.6 Å². The van der Waals surface area contributed by atoms with Crippen molar-refractivity contribution in [2.24, 2.45) is 0 Å². The normalized spacial score (nSPS) is 14.4. The molecule has 0 radical (unpaired) electrons. The molecule has 0 bridgehead atoms. The molecule has 0 fully saturated rings. The molecule has 2 heteroatoms. The van der Waals surface area contributed by atoms with Gasteiger partial charge in [0.25, 0.3) is 0 Å². The lowest BCUT2D eigenvalue weighted by Crippen LogP contribution is -2.30. The van der Waals surface area contributed by atoms with Crippen LogP contribution in [0.5, 0.6) is 0 Å². The molecule has 0 amide bonds. The van der Waals surface area contributed by atoms with Crippen molar-refractivity contribution >= 4 is 0 Å². The number of nitrogens with zero attached hydrogens (tertiary/aromatic N) is 1. The van der Waals surface area contributed by atoms with Gasteiger partial charge in [-0.3, -0.25) is 0 Å². The third kappa shape index (κ3) is 6.62. The molecule has 0 saturated carbocycles. The van der Waals surface area contributed by atoms with E-state index in [-0.39, 0.29) is 0 Å². The second-order valence-corrected chi connectivity index (χ2v) is 6.05. The van der Waals surface area contributed by atoms with Crippen LogP contribution < -0.4 is 5.32 Å². The fraction of sp³-hybridized carbons (Fsp3) is 0.684. The molecule has 2 unspecified atom stereocenters. The minimum atomic E-state index is 0.430. The van der Waals surface area contributed by atoms with Crippen LogP contribution in [0.1, 0.15) is 64.6 Å². The molecule has 2 atom stereocenters. The van der Waals surface area contributed by atoms with E-state index >= 15 is 0 Å². The third-order valence-electron chi connectivity index (χ3n) is 4.43. The van der Waals surface area contributed by atoms with Crippen LogP contribution in [-0.2, 0) is 6.42 Å². The molecule has 0 aliphatic rings. The van der Waals surface area contributed by atoms with Gasteiger partial charge in [0, 0.05) is 12.1 Å². The zero-order valence-corrected chi connectivity index (χ0v) is 14.7. The molecule has 0 aliphatic heterocycles. The number of nitrogens with one attached hydrogen (secondary N) is 1. The van der Waals surface area contributed by atoms with Gasteiger partial charge in [-0.05, 0) is 63.9 Å². The van der Waals surface area contributed by atoms with Crippen LogP contribution in [0.15, 0.2) is 24.3 Å². The molecule has 0 saturated heterocycles. The first-order valence-electron chi connectivity index (χ1n) is 8.67. The monoisotopic (exact) mass is 290 g/mol. The van der Waals surface area contributed by atoms with Crippen molar-refractivity contribution in [2.75, 3.05) is 19.6 Å². The van der Waals surface area contributed by atoms with Crippen LogP contribution in [0.25, 0.3) is 0 Å². The Bertz CT molecular complexity index is 368. The predicted octanol–water partition coefficient (Wildman–Crippen LogP) is 4.41. The molecule has 1 aromatic carbocycles. The average molecular weight is 290 g/mol. The Morgan fingerprint density at radius 1 is 1.00 bits per heavy atom. The first kappa shape index (κ1) is 18.2. The second kappa shape index (κ2) is 9.97. The summed E-state index contributed by atoms with van der Waals surface area (Å²) in [4.78, 5) is 2.50. The molecule has 0 aliphatic carbocycles. The Hall–Kier alpha value is -0.860. The number of hydrogen-bond acceptors (Lipinski definition) is 2. The van der Waals surface area contributed by atoms with E-state index in [2.05, 4.69) is 69.1 Å². The van der Waals surface area contributed by atoms with E-state index in [1.54, 1.807) is 0 Å². The van der Waals surface area contributed by atoms with Gasteiger partial charge >= 0.3 is 0 Å². The average Bonchev–Trinajstić information content (AvgIpc) is 2.51. The van der Waals surface area contributed by atoms with Gasteiger partial charge in [-0.1, -0.05) is 45.0 Å². The molecule has 0 heterocycles. The van der Waals surface area contributed by atoms with E-state index in [4.69, 9.17) is 0 Å². The van der Waals surface area contributed by atoms with Crippen LogP contribution in [-0.4, -0.2) is 30.6 Å². The summed E-state index contributed by atoms with van der Waals surface area (Å²) in [6.07, 6.45) is 3.63. The van der Waals surface area contributed by atoms with Gasteiger partial charge in [0.05, 0.1) is 0 Å². The predicted molar refractivity (Wildman–Crippen MR) is 93.9 cm³/mol. The molecular weight excluding hydrogens is 256 g/mol. The first-order valence-corrected chi connectivity index (χ1v) is 8.67. The summed E-state index contributed by atoms with van der Waals surface area (Å²) in [6, 6.07) is 10.0. The summed E-state index contributed by atoms with van der Waals surface area (Å²) in [6.45, 7) is 14.8. The summed E-state index contributed by atoms with van der Waals surface area (Å²) in [5.74, 6) is 0. The molecule has 1 rings (SSSR count). The van der Waals surface area contributed by atoms with Gasteiger partial charge in [-0.2, -0.15) is 0 Å². The van der Waals surface area contributed by atoms with Crippen molar-refractivity contribution in [3.05, 3.63) is 35.4 Å². The van der Waals surface area contributed by atoms with Crippen molar-refractivity contribution in [1.82, 2.24) is 10.2 Å². The first-order chi connectivity index (χ1) is 10.1. The van der Waals surface area contributed by atoms with Gasteiger partial charge in [0.15, 0.2) is 0 Å². The van der Waals surface area contributed by atoms with Crippen molar-refractivity contribution in [1.29, 1.82) is 0 Å². The Kier molecular flexibility index (Phi) is 8.63. The largest absolute Gasteiger partial charge is 0.308 e. The maximum Gasteiger partial charge on any atom is 0.0294 e. The molecule has 2 nitrogen and oxygen atoms in total. The van der Waals surface area contributed by atoms with Gasteiger partial charge in [0.2, 0.25) is 0 Å². The lowest BCUT2D eigenvalue weighted by molar-refractivity contribution is 0.288. The highest BCUT2D eigenvalue weighted by atomic mass is 15.1. The lowest BCUT2D eigenvalue weighted by atomic mass is 10.0. The zero-order chi connectivity index (χ0) is 15.7. The van der Waals surface area contributed by atoms with E-state index in [0.717, 1.165) is 6.42 Å². The van der Waals surface area contributed by atoms with Gasteiger partial charge in [-0.15, -0.1) is 0 Å². The molecule has 0 aromatic heterocycles. The minimum Gasteiger partial charge on any atom is -0.308 e. The summed E-state index contributed by atoms with van der Waals surface area (Å²) in [5.41, 5.74) is 2.81. The van der Waals surface area contributed by atoms with Crippen molar-refractivity contribution < 1.29 is 0 Å². The fourth-order valence-electron chi connectivity index (χ4n) is 2.81. The Balaban J connectivity index is 2.33. The Labute approximate surface area is 131 Å². The summed E-state index contributed by atoms with van der Waals surface area (Å²) >= 11 is 0. The van der Waals surface area contributed by atoms with Crippen LogP contribution in [0, 0.1) is 0 Å². The quantitative estimate of drug-likeness (QED) is 0.686. The number of hydrogen-bond donors (Lipinski definition) is 1. The maximum atomic E-state index is 3.72. The van der Waals surface area contributed by atoms with E-state index in [0.29, 0.717) is 12.1 Å². The zero-order valence-electron chi connectivity index (χ0n) is 14.7. The third-order valence-corrected chi connectivity index (χ3v) is 4.43. The Morgan fingerprint density at radius 3 is 2.14 bits per heavy atom. The number of benzene rings is 1. The second-order valence-electron chi connectivity index (χ2n) is 6.05. The highest BCUT2D eigenvalue weighted by Gasteiger charge is 2.09. The maximum absolute atomic E-state index is 3.72. The standard InChI is InChI=1S/C19H34N2/c1-6-18-11-13-19(14-12-18)17(5)20-16(4)10-9-15-21(7-2)8-3/h11-14,16-17,20H,6-10,15H2,1-5H3. The van der Waals surface area contributed by atoms with Crippen molar-refractivity contribution in [3.8, 4) is 0 Å². The fourth-order valence-corrected chi connectivity index (χ4v) is 2.81. The smallest absolute Gasteiger partial charge is 0.0294 e. The van der Waals surface area contributed by atoms with Crippen LogP contribution >= 0.6 is 0 Å². The Morgan fingerprint density at radius 2 is 1.62 bits per heavy atom. The van der Waals surface area contributed by atoms with Crippen molar-refractivity contribution in [3.63, 3.8) is 0 Å². The topological polar surface area (TPSA) is 15.3 Å². The molecule has 1 N–H and O–H groups in total. The van der Waals surface area contributed by atoms with Crippen molar-refractivity contribution in [2.45, 2.75) is 66.0 Å². The minimum absolute atomic E-state index is 0.430. The van der Waals surface area contributed by atoms with Gasteiger partial charge in [-0.25, -0.2) is 0 Å². The van der Waals surface area contributed by atoms with Crippen LogP contribution in [0.2, 0.25) is 0 Å². The highest BCUT2D eigenvalue weighted by molar-refractivity contribution is 5.24. The summed E-state index contributed by atoms with van der Waals surface area (Å²) < 4.78 is 0. The number of aryl methyl sites for hydroxylation is 1. The summed E-state index contributed by atoms with van der Waals surface area (Å²) in [5, 5.41) is 3.72. The molecule has 120 valence electrons. The van der Waals surface area contributed by atoms with E-state index in [1.807, 2.05) is 0 Å². The van der Waals surface area contributed by atoms with Gasteiger partial charge < -0.3 is 10.2 Å². The SMILES string of the molecule is CCc1ccc(C(C)NC(C)CCCN(CC)CC)cc1. The van der Waals surface area contributed by atoms with Crippen LogP contribution in [0.3, 0.4) is 0 Å². The van der Waals surface area contributed by atoms with E-state index in [9.17, 15) is 0 Å². The molecule has 1 aromatic rings.